The summed E-state index contributed by atoms with van der Waals surface area (Å²) in [4.78, 5) is 27.2. The van der Waals surface area contributed by atoms with Crippen LogP contribution in [0.3, 0.4) is 0 Å². The maximum atomic E-state index is 5.90. The predicted molar refractivity (Wildman–Crippen MR) is 165 cm³/mol. The Bertz CT molecular complexity index is 1820. The molecular weight excluding hydrogens is 526 g/mol. The second-order valence-electron chi connectivity index (χ2n) is 11.9. The zero-order chi connectivity index (χ0) is 29.5. The predicted octanol–water partition coefficient (Wildman–Crippen LogP) is 7.00. The van der Waals surface area contributed by atoms with Crippen LogP contribution in [0.15, 0.2) is 49.1 Å². The van der Waals surface area contributed by atoms with Crippen LogP contribution in [0.1, 0.15) is 43.7 Å². The van der Waals surface area contributed by atoms with Gasteiger partial charge in [0.15, 0.2) is 0 Å². The van der Waals surface area contributed by atoms with Gasteiger partial charge in [0.1, 0.15) is 25.8 Å². The average molecular weight is 562 g/mol. The fraction of sp³-hybridized carbons (Fsp3) is 0.312. The van der Waals surface area contributed by atoms with Crippen molar-refractivity contribution in [2.24, 2.45) is 7.05 Å². The first-order valence-corrected chi connectivity index (χ1v) is 16.6. The van der Waals surface area contributed by atoms with Crippen LogP contribution in [0.25, 0.3) is 33.4 Å². The number of hydrogen-bond donors (Lipinski definition) is 0. The molecule has 1 aromatic carbocycles. The van der Waals surface area contributed by atoms with Gasteiger partial charge in [0.2, 0.25) is 5.82 Å². The monoisotopic (exact) mass is 561 g/mol. The highest BCUT2D eigenvalue weighted by Crippen LogP contribution is 2.42. The number of ether oxygens (including phenoxy) is 1. The highest BCUT2D eigenvalue weighted by molar-refractivity contribution is 6.87. The van der Waals surface area contributed by atoms with Gasteiger partial charge in [-0.1, -0.05) is 46.0 Å². The maximum Gasteiger partial charge on any atom is 0.322 e. The van der Waals surface area contributed by atoms with E-state index in [-0.39, 0.29) is 5.04 Å². The van der Waals surface area contributed by atoms with Gasteiger partial charge in [0, 0.05) is 41.6 Å². The summed E-state index contributed by atoms with van der Waals surface area (Å²) in [6.45, 7) is 17.3. The maximum absolute atomic E-state index is 5.90. The second kappa shape index (κ2) is 10.5. The van der Waals surface area contributed by atoms with Gasteiger partial charge in [-0.15, -0.1) is 5.54 Å². The zero-order valence-electron chi connectivity index (χ0n) is 25.2. The van der Waals surface area contributed by atoms with Crippen molar-refractivity contribution >= 4 is 19.1 Å². The van der Waals surface area contributed by atoms with E-state index in [1.165, 1.54) is 0 Å². The molecule has 4 aromatic heterocycles. The van der Waals surface area contributed by atoms with E-state index in [0.29, 0.717) is 17.6 Å². The number of hydrogen-bond acceptors (Lipinski definition) is 7. The molecule has 0 aliphatic rings. The molecule has 0 bridgehead atoms. The lowest BCUT2D eigenvalue weighted by Gasteiger charge is -2.31. The third-order valence-electron chi connectivity index (χ3n) is 7.88. The van der Waals surface area contributed by atoms with E-state index in [1.54, 1.807) is 12.5 Å². The minimum atomic E-state index is -1.78. The lowest BCUT2D eigenvalue weighted by atomic mass is 9.98. The fourth-order valence-electron chi connectivity index (χ4n) is 4.43. The molecule has 208 valence electrons. The van der Waals surface area contributed by atoms with E-state index >= 15 is 0 Å². The number of rotatable bonds is 4. The molecule has 4 heterocycles. The van der Waals surface area contributed by atoms with E-state index < -0.39 is 8.07 Å². The first kappa shape index (κ1) is 28.1. The Kier molecular flexibility index (Phi) is 7.22. The Morgan fingerprint density at radius 3 is 2.27 bits per heavy atom. The standard InChI is InChI=1S/C32H35N7OSi/c1-20-14-16-33-31(37-20)40-24-12-10-23(11-13-24)28-27-22(3)35-19-36-30(27)39(7)29(28)25-18-34-26(38-21(25)2)15-17-41(8,9)32(4,5)6/h10-14,16,18-19H,1-9H3. The van der Waals surface area contributed by atoms with Crippen LogP contribution in [0.5, 0.6) is 11.8 Å². The van der Waals surface area contributed by atoms with Gasteiger partial charge >= 0.3 is 6.01 Å². The molecule has 0 N–H and O–H groups in total. The third-order valence-corrected chi connectivity index (χ3v) is 12.4. The van der Waals surface area contributed by atoms with Crippen LogP contribution in [-0.4, -0.2) is 42.5 Å². The molecule has 0 saturated heterocycles. The number of benzene rings is 1. The van der Waals surface area contributed by atoms with Gasteiger partial charge in [0.25, 0.3) is 0 Å². The normalized spacial score (nSPS) is 11.8. The topological polar surface area (TPSA) is 91.5 Å². The summed E-state index contributed by atoms with van der Waals surface area (Å²) >= 11 is 0. The Morgan fingerprint density at radius 2 is 1.61 bits per heavy atom. The summed E-state index contributed by atoms with van der Waals surface area (Å²) in [5.74, 6) is 4.47. The minimum Gasteiger partial charge on any atom is -0.424 e. The summed E-state index contributed by atoms with van der Waals surface area (Å²) in [6, 6.07) is 10.1. The van der Waals surface area contributed by atoms with E-state index in [1.807, 2.05) is 64.3 Å². The molecule has 0 spiro atoms. The van der Waals surface area contributed by atoms with E-state index in [0.717, 1.165) is 50.5 Å². The number of aryl methyl sites for hydroxylation is 4. The lowest BCUT2D eigenvalue weighted by molar-refractivity contribution is 0.440. The molecule has 0 aliphatic carbocycles. The van der Waals surface area contributed by atoms with E-state index in [2.05, 4.69) is 69.8 Å². The van der Waals surface area contributed by atoms with E-state index in [9.17, 15) is 0 Å². The molecule has 8 nitrogen and oxygen atoms in total. The van der Waals surface area contributed by atoms with Crippen molar-refractivity contribution in [3.8, 4) is 45.6 Å². The van der Waals surface area contributed by atoms with Crippen molar-refractivity contribution in [3.63, 3.8) is 0 Å². The highest BCUT2D eigenvalue weighted by atomic mass is 28.3. The van der Waals surface area contributed by atoms with Gasteiger partial charge in [-0.05, 0) is 55.5 Å². The SMILES string of the molecule is Cc1ccnc(Oc2ccc(-c3c(-c4cnc(C#C[Si](C)(C)C(C)(C)C)nc4C)n(C)c4ncnc(C)c34)cc2)n1. The van der Waals surface area contributed by atoms with Crippen LogP contribution in [0.4, 0.5) is 0 Å². The van der Waals surface area contributed by atoms with Crippen molar-refractivity contribution in [2.45, 2.75) is 59.7 Å². The van der Waals surface area contributed by atoms with Crippen molar-refractivity contribution in [3.05, 3.63) is 72.0 Å². The molecule has 9 heteroatoms. The van der Waals surface area contributed by atoms with Crippen molar-refractivity contribution in [2.75, 3.05) is 0 Å². The van der Waals surface area contributed by atoms with Crippen LogP contribution in [0, 0.1) is 32.2 Å². The van der Waals surface area contributed by atoms with Crippen molar-refractivity contribution < 1.29 is 4.74 Å². The smallest absolute Gasteiger partial charge is 0.322 e. The molecule has 0 fully saturated rings. The molecule has 41 heavy (non-hydrogen) atoms. The molecule has 0 atom stereocenters. The summed E-state index contributed by atoms with van der Waals surface area (Å²) in [7, 11) is 0.234. The van der Waals surface area contributed by atoms with Crippen LogP contribution < -0.4 is 4.74 Å². The summed E-state index contributed by atoms with van der Waals surface area (Å²) in [5.41, 5.74) is 10.9. The third kappa shape index (κ3) is 5.48. The first-order valence-electron chi connectivity index (χ1n) is 13.6. The summed E-state index contributed by atoms with van der Waals surface area (Å²) < 4.78 is 7.99. The summed E-state index contributed by atoms with van der Waals surface area (Å²) in [5, 5.41) is 1.15. The first-order chi connectivity index (χ1) is 19.4. The molecular formula is C32H35N7OSi. The van der Waals surface area contributed by atoms with Crippen LogP contribution in [0.2, 0.25) is 18.1 Å². The summed E-state index contributed by atoms with van der Waals surface area (Å²) in [6.07, 6.45) is 5.17. The highest BCUT2D eigenvalue weighted by Gasteiger charge is 2.33. The Hall–Kier alpha value is -4.42. The Labute approximate surface area is 242 Å². The minimum absolute atomic E-state index is 0.166. The number of aromatic nitrogens is 7. The van der Waals surface area contributed by atoms with Gasteiger partial charge in [-0.25, -0.2) is 29.9 Å². The molecule has 5 rings (SSSR count). The van der Waals surface area contributed by atoms with Crippen LogP contribution in [-0.2, 0) is 7.05 Å². The number of fused-ring (bicyclic) bond motifs is 1. The zero-order valence-corrected chi connectivity index (χ0v) is 26.2. The van der Waals surface area contributed by atoms with Gasteiger partial charge in [-0.3, -0.25) is 0 Å². The largest absolute Gasteiger partial charge is 0.424 e. The second-order valence-corrected chi connectivity index (χ2v) is 16.9. The molecule has 0 saturated carbocycles. The quantitative estimate of drug-likeness (QED) is 0.172. The van der Waals surface area contributed by atoms with Crippen molar-refractivity contribution in [1.82, 2.24) is 34.5 Å². The Balaban J connectivity index is 1.60. The van der Waals surface area contributed by atoms with Crippen LogP contribution >= 0.6 is 0 Å². The van der Waals surface area contributed by atoms with Gasteiger partial charge < -0.3 is 9.30 Å². The van der Waals surface area contributed by atoms with Gasteiger partial charge in [-0.2, -0.15) is 0 Å². The molecule has 0 aliphatic heterocycles. The molecule has 0 radical (unpaired) electrons. The average Bonchev–Trinajstić information content (AvgIpc) is 3.21. The number of nitrogens with zero attached hydrogens (tertiary/aromatic N) is 7. The van der Waals surface area contributed by atoms with E-state index in [4.69, 9.17) is 14.7 Å². The molecule has 5 aromatic rings. The molecule has 0 amide bonds. The Morgan fingerprint density at radius 1 is 0.878 bits per heavy atom. The van der Waals surface area contributed by atoms with Gasteiger partial charge in [0.05, 0.1) is 17.1 Å². The molecule has 0 unspecified atom stereocenters. The lowest BCUT2D eigenvalue weighted by Crippen LogP contribution is -2.35. The van der Waals surface area contributed by atoms with Crippen molar-refractivity contribution in [1.29, 1.82) is 0 Å². The fourth-order valence-corrected chi connectivity index (χ4v) is 5.23.